The van der Waals surface area contributed by atoms with E-state index in [4.69, 9.17) is 0 Å². The summed E-state index contributed by atoms with van der Waals surface area (Å²) in [7, 11) is 0. The smallest absolute Gasteiger partial charge is 0.100 e. The Hall–Kier alpha value is -2.79. The van der Waals surface area contributed by atoms with Crippen LogP contribution < -0.4 is 0 Å². The molecule has 0 unspecified atom stereocenters. The fraction of sp³-hybridized carbons (Fsp3) is 0.320. The third-order valence-corrected chi connectivity index (χ3v) is 4.78. The van der Waals surface area contributed by atoms with E-state index in [0.717, 1.165) is 23.0 Å². The summed E-state index contributed by atoms with van der Waals surface area (Å²) in [5.74, 6) is 6.50. The second kappa shape index (κ2) is 10.4. The Morgan fingerprint density at radius 2 is 1.67 bits per heavy atom. The van der Waals surface area contributed by atoms with Gasteiger partial charge in [0.25, 0.3) is 0 Å². The standard InChI is InChI=1S/C25H28N2/c1-2-3-4-5-6-10-17-23(18-13-16-22-14-8-7-9-15-22)27-21-26-24-19-11-12-20-25(24)27/h7-9,11-12,14-15,18-21H,2-6,10,17H2,1H3/b23-18-. The van der Waals surface area contributed by atoms with Crippen molar-refractivity contribution in [1.82, 2.24) is 9.55 Å². The average molecular weight is 357 g/mol. The molecule has 0 saturated heterocycles. The van der Waals surface area contributed by atoms with E-state index >= 15 is 0 Å². The zero-order valence-electron chi connectivity index (χ0n) is 16.2. The van der Waals surface area contributed by atoms with E-state index in [9.17, 15) is 0 Å². The quantitative estimate of drug-likeness (QED) is 0.325. The lowest BCUT2D eigenvalue weighted by Crippen LogP contribution is -1.96. The predicted molar refractivity (Wildman–Crippen MR) is 115 cm³/mol. The van der Waals surface area contributed by atoms with E-state index in [0.29, 0.717) is 0 Å². The van der Waals surface area contributed by atoms with Crippen molar-refractivity contribution in [2.24, 2.45) is 0 Å². The topological polar surface area (TPSA) is 17.8 Å². The SMILES string of the molecule is CCCCCCCC/C(=C/C#Cc1ccccc1)n1cnc2ccccc21. The Labute approximate surface area is 162 Å². The number of hydrogen-bond donors (Lipinski definition) is 0. The van der Waals surface area contributed by atoms with Gasteiger partial charge in [-0.1, -0.05) is 81.2 Å². The maximum Gasteiger partial charge on any atom is 0.100 e. The van der Waals surface area contributed by atoms with Gasteiger partial charge < -0.3 is 4.57 Å². The lowest BCUT2D eigenvalue weighted by molar-refractivity contribution is 0.610. The first kappa shape index (κ1) is 19.0. The van der Waals surface area contributed by atoms with Gasteiger partial charge in [0.2, 0.25) is 0 Å². The molecule has 1 heterocycles. The van der Waals surface area contributed by atoms with Gasteiger partial charge in [-0.25, -0.2) is 4.98 Å². The molecule has 0 atom stereocenters. The van der Waals surface area contributed by atoms with Crippen LogP contribution in [-0.2, 0) is 0 Å². The number of fused-ring (bicyclic) bond motifs is 1. The summed E-state index contributed by atoms with van der Waals surface area (Å²) in [5.41, 5.74) is 4.45. The Kier molecular flexibility index (Phi) is 7.30. The fourth-order valence-electron chi connectivity index (χ4n) is 3.26. The summed E-state index contributed by atoms with van der Waals surface area (Å²) >= 11 is 0. The first-order chi connectivity index (χ1) is 13.4. The summed E-state index contributed by atoms with van der Waals surface area (Å²) < 4.78 is 2.20. The van der Waals surface area contributed by atoms with E-state index < -0.39 is 0 Å². The molecule has 0 saturated carbocycles. The van der Waals surface area contributed by atoms with E-state index in [2.05, 4.69) is 52.6 Å². The first-order valence-electron chi connectivity index (χ1n) is 10.1. The lowest BCUT2D eigenvalue weighted by atomic mass is 10.1. The number of imidazole rings is 1. The summed E-state index contributed by atoms with van der Waals surface area (Å²) in [6.07, 6.45) is 12.8. The Bertz CT molecular complexity index is 923. The highest BCUT2D eigenvalue weighted by Crippen LogP contribution is 2.21. The highest BCUT2D eigenvalue weighted by atomic mass is 15.1. The summed E-state index contributed by atoms with van der Waals surface area (Å²) in [5, 5.41) is 0. The normalized spacial score (nSPS) is 11.4. The molecule has 2 aromatic carbocycles. The highest BCUT2D eigenvalue weighted by Gasteiger charge is 2.06. The molecule has 1 aromatic heterocycles. The number of hydrogen-bond acceptors (Lipinski definition) is 1. The molecular formula is C25H28N2. The number of benzene rings is 2. The third kappa shape index (κ3) is 5.59. The lowest BCUT2D eigenvalue weighted by Gasteiger charge is -2.09. The van der Waals surface area contributed by atoms with Gasteiger partial charge in [-0.15, -0.1) is 0 Å². The van der Waals surface area contributed by atoms with Crippen LogP contribution in [0.4, 0.5) is 0 Å². The van der Waals surface area contributed by atoms with Crippen molar-refractivity contribution in [2.45, 2.75) is 51.9 Å². The number of para-hydroxylation sites is 2. The molecule has 2 nitrogen and oxygen atoms in total. The van der Waals surface area contributed by atoms with Crippen LogP contribution in [0.5, 0.6) is 0 Å². The molecule has 0 spiro atoms. The van der Waals surface area contributed by atoms with Crippen LogP contribution >= 0.6 is 0 Å². The van der Waals surface area contributed by atoms with Gasteiger partial charge in [0, 0.05) is 17.3 Å². The van der Waals surface area contributed by atoms with Crippen LogP contribution in [0.3, 0.4) is 0 Å². The van der Waals surface area contributed by atoms with Crippen molar-refractivity contribution in [3.8, 4) is 11.8 Å². The summed E-state index contributed by atoms with van der Waals surface area (Å²) in [4.78, 5) is 4.55. The first-order valence-corrected chi connectivity index (χ1v) is 10.1. The number of unbranched alkanes of at least 4 members (excludes halogenated alkanes) is 5. The van der Waals surface area contributed by atoms with Crippen molar-refractivity contribution < 1.29 is 0 Å². The number of rotatable bonds is 8. The van der Waals surface area contributed by atoms with Crippen molar-refractivity contribution in [1.29, 1.82) is 0 Å². The molecule has 0 bridgehead atoms. The molecular weight excluding hydrogens is 328 g/mol. The molecule has 3 aromatic rings. The molecule has 27 heavy (non-hydrogen) atoms. The Morgan fingerprint density at radius 1 is 0.926 bits per heavy atom. The number of allylic oxidation sites excluding steroid dienone is 2. The minimum atomic E-state index is 1.02. The van der Waals surface area contributed by atoms with Gasteiger partial charge in [0.05, 0.1) is 11.0 Å². The third-order valence-electron chi connectivity index (χ3n) is 4.78. The van der Waals surface area contributed by atoms with Gasteiger partial charge in [0.1, 0.15) is 6.33 Å². The van der Waals surface area contributed by atoms with E-state index in [1.165, 1.54) is 44.2 Å². The largest absolute Gasteiger partial charge is 0.302 e. The van der Waals surface area contributed by atoms with Crippen molar-refractivity contribution in [2.75, 3.05) is 0 Å². The van der Waals surface area contributed by atoms with Crippen LogP contribution in [0.15, 0.2) is 67.0 Å². The van der Waals surface area contributed by atoms with Crippen LogP contribution in [0.1, 0.15) is 57.4 Å². The Balaban J connectivity index is 1.76. The molecule has 2 heteroatoms. The van der Waals surface area contributed by atoms with Crippen LogP contribution in [0.25, 0.3) is 16.7 Å². The molecule has 0 aliphatic heterocycles. The molecule has 0 aliphatic rings. The maximum absolute atomic E-state index is 4.55. The van der Waals surface area contributed by atoms with Crippen LogP contribution in [-0.4, -0.2) is 9.55 Å². The van der Waals surface area contributed by atoms with Crippen LogP contribution in [0.2, 0.25) is 0 Å². The van der Waals surface area contributed by atoms with Crippen molar-refractivity contribution in [3.63, 3.8) is 0 Å². The van der Waals surface area contributed by atoms with Crippen molar-refractivity contribution in [3.05, 3.63) is 72.6 Å². The van der Waals surface area contributed by atoms with E-state index in [1.54, 1.807) is 0 Å². The molecule has 0 fully saturated rings. The molecule has 0 N–H and O–H groups in total. The Morgan fingerprint density at radius 3 is 2.52 bits per heavy atom. The van der Waals surface area contributed by atoms with E-state index in [-0.39, 0.29) is 0 Å². The number of nitrogens with zero attached hydrogens (tertiary/aromatic N) is 2. The van der Waals surface area contributed by atoms with Gasteiger partial charge in [-0.2, -0.15) is 0 Å². The van der Waals surface area contributed by atoms with Gasteiger partial charge >= 0.3 is 0 Å². The predicted octanol–water partition coefficient (Wildman–Crippen LogP) is 6.68. The summed E-state index contributed by atoms with van der Waals surface area (Å²) in [6, 6.07) is 18.4. The van der Waals surface area contributed by atoms with Crippen molar-refractivity contribution >= 4 is 16.7 Å². The van der Waals surface area contributed by atoms with Gasteiger partial charge in [0.15, 0.2) is 0 Å². The maximum atomic E-state index is 4.55. The average Bonchev–Trinajstić information content (AvgIpc) is 3.14. The zero-order chi connectivity index (χ0) is 18.7. The fourth-order valence-corrected chi connectivity index (χ4v) is 3.26. The minimum absolute atomic E-state index is 1.02. The number of aromatic nitrogens is 2. The van der Waals surface area contributed by atoms with Gasteiger partial charge in [-0.05, 0) is 37.1 Å². The molecule has 0 aliphatic carbocycles. The van der Waals surface area contributed by atoms with Crippen LogP contribution in [0, 0.1) is 11.8 Å². The monoisotopic (exact) mass is 356 g/mol. The zero-order valence-corrected chi connectivity index (χ0v) is 16.2. The van der Waals surface area contributed by atoms with E-state index in [1.807, 2.05) is 42.7 Å². The molecule has 0 amide bonds. The summed E-state index contributed by atoms with van der Waals surface area (Å²) in [6.45, 7) is 2.26. The van der Waals surface area contributed by atoms with Gasteiger partial charge in [-0.3, -0.25) is 0 Å². The molecule has 0 radical (unpaired) electrons. The minimum Gasteiger partial charge on any atom is -0.302 e. The highest BCUT2D eigenvalue weighted by molar-refractivity contribution is 5.79. The molecule has 3 rings (SSSR count). The second-order valence-electron chi connectivity index (χ2n) is 6.89. The second-order valence-corrected chi connectivity index (χ2v) is 6.89. The molecule has 138 valence electrons.